The maximum atomic E-state index is 14.2. The highest BCUT2D eigenvalue weighted by Gasteiger charge is 2.40. The number of hydrogen-bond donors (Lipinski definition) is 2. The molecule has 0 heterocycles. The van der Waals surface area contributed by atoms with E-state index in [2.05, 4.69) is 10.6 Å². The van der Waals surface area contributed by atoms with E-state index in [4.69, 9.17) is 21.3 Å². The molecule has 0 saturated heterocycles. The fraction of sp³-hybridized carbons (Fsp3) is 0.167. The lowest BCUT2D eigenvalue weighted by atomic mass is 10.3. The molecule has 0 aromatic heterocycles. The van der Waals surface area contributed by atoms with E-state index in [1.807, 2.05) is 42.5 Å². The molecule has 0 spiro atoms. The molecule has 0 aliphatic heterocycles. The van der Waals surface area contributed by atoms with Crippen molar-refractivity contribution in [2.24, 2.45) is 0 Å². The number of thiocarbonyl (C=S) groups is 1. The second-order valence-electron chi connectivity index (χ2n) is 6.96. The largest absolute Gasteiger partial charge is 0.452 e. The van der Waals surface area contributed by atoms with Crippen LogP contribution in [0.2, 0.25) is 0 Å². The molecule has 2 N–H and O–H groups in total. The van der Waals surface area contributed by atoms with Crippen LogP contribution >= 0.6 is 31.6 Å². The van der Waals surface area contributed by atoms with Crippen molar-refractivity contribution in [1.29, 1.82) is 0 Å². The molecule has 0 radical (unpaired) electrons. The Labute approximate surface area is 203 Å². The SMILES string of the molecule is CC(=O)SCC[C@@H](NC(=S)Nc1ccccc1)P(=O)(Oc1ccccc1)Oc1ccccc1. The first-order chi connectivity index (χ1) is 15.9. The topological polar surface area (TPSA) is 76.7 Å². The minimum atomic E-state index is -3.86. The Morgan fingerprint density at radius 2 is 1.39 bits per heavy atom. The summed E-state index contributed by atoms with van der Waals surface area (Å²) >= 11 is 6.63. The summed E-state index contributed by atoms with van der Waals surface area (Å²) < 4.78 is 26.2. The summed E-state index contributed by atoms with van der Waals surface area (Å²) in [6, 6.07) is 27.1. The fourth-order valence-electron chi connectivity index (χ4n) is 2.87. The van der Waals surface area contributed by atoms with E-state index in [9.17, 15) is 9.36 Å². The van der Waals surface area contributed by atoms with Crippen LogP contribution in [0.3, 0.4) is 0 Å². The van der Waals surface area contributed by atoms with Gasteiger partial charge in [-0.25, -0.2) is 4.57 Å². The van der Waals surface area contributed by atoms with Crippen LogP contribution in [-0.4, -0.2) is 21.8 Å². The average molecular weight is 501 g/mol. The Bertz CT molecular complexity index is 1040. The molecule has 9 heteroatoms. The molecular weight excluding hydrogens is 475 g/mol. The van der Waals surface area contributed by atoms with Gasteiger partial charge in [0, 0.05) is 18.4 Å². The zero-order valence-electron chi connectivity index (χ0n) is 18.0. The Balaban J connectivity index is 1.87. The molecule has 0 saturated carbocycles. The number of rotatable bonds is 10. The molecular formula is C24H25N2O4PS2. The van der Waals surface area contributed by atoms with Crippen molar-refractivity contribution in [3.63, 3.8) is 0 Å². The molecule has 0 aliphatic rings. The van der Waals surface area contributed by atoms with Gasteiger partial charge in [-0.05, 0) is 55.0 Å². The fourth-order valence-corrected chi connectivity index (χ4v) is 5.88. The van der Waals surface area contributed by atoms with E-state index in [1.54, 1.807) is 48.5 Å². The van der Waals surface area contributed by atoms with E-state index in [1.165, 1.54) is 6.92 Å². The average Bonchev–Trinajstić information content (AvgIpc) is 2.80. The van der Waals surface area contributed by atoms with Crippen LogP contribution in [0.15, 0.2) is 91.0 Å². The van der Waals surface area contributed by atoms with Crippen molar-refractivity contribution >= 4 is 47.5 Å². The quantitative estimate of drug-likeness (QED) is 0.247. The van der Waals surface area contributed by atoms with Crippen LogP contribution in [0.5, 0.6) is 11.5 Å². The highest BCUT2D eigenvalue weighted by Crippen LogP contribution is 2.53. The minimum Gasteiger partial charge on any atom is -0.415 e. The van der Waals surface area contributed by atoms with Crippen LogP contribution in [0.25, 0.3) is 0 Å². The zero-order chi connectivity index (χ0) is 23.5. The Morgan fingerprint density at radius 1 is 0.909 bits per heavy atom. The van der Waals surface area contributed by atoms with Crippen LogP contribution in [0.4, 0.5) is 5.69 Å². The van der Waals surface area contributed by atoms with E-state index in [0.29, 0.717) is 23.7 Å². The summed E-state index contributed by atoms with van der Waals surface area (Å²) in [5, 5.41) is 6.43. The maximum absolute atomic E-state index is 14.2. The van der Waals surface area contributed by atoms with Gasteiger partial charge in [-0.15, -0.1) is 0 Å². The molecule has 0 fully saturated rings. The third kappa shape index (κ3) is 8.24. The van der Waals surface area contributed by atoms with E-state index in [-0.39, 0.29) is 10.2 Å². The van der Waals surface area contributed by atoms with Crippen LogP contribution < -0.4 is 19.7 Å². The third-order valence-corrected chi connectivity index (χ3v) is 7.51. The van der Waals surface area contributed by atoms with Crippen LogP contribution in [0, 0.1) is 0 Å². The number of carbonyl (C=O) groups is 1. The minimum absolute atomic E-state index is 0.0264. The van der Waals surface area contributed by atoms with Crippen LogP contribution in [-0.2, 0) is 9.36 Å². The second-order valence-corrected chi connectivity index (χ2v) is 10.7. The lowest BCUT2D eigenvalue weighted by Crippen LogP contribution is -2.40. The first-order valence-corrected chi connectivity index (χ1v) is 13.3. The van der Waals surface area contributed by atoms with Gasteiger partial charge in [0.2, 0.25) is 0 Å². The zero-order valence-corrected chi connectivity index (χ0v) is 20.6. The molecule has 6 nitrogen and oxygen atoms in total. The number of benzene rings is 3. The standard InChI is InChI=1S/C24H25N2O4PS2/c1-19(27)33-18-17-23(26-24(32)25-20-11-5-2-6-12-20)31(28,29-21-13-7-3-8-14-21)30-22-15-9-4-10-16-22/h2-16,23H,17-18H2,1H3,(H2,25,26,32)/t23-/m0/s1. The van der Waals surface area contributed by atoms with Gasteiger partial charge in [0.15, 0.2) is 16.0 Å². The molecule has 3 aromatic rings. The smallest absolute Gasteiger partial charge is 0.415 e. The van der Waals surface area contributed by atoms with E-state index < -0.39 is 13.4 Å². The first kappa shape index (κ1) is 24.8. The first-order valence-electron chi connectivity index (χ1n) is 10.3. The summed E-state index contributed by atoms with van der Waals surface area (Å²) in [7, 11) is -3.86. The monoisotopic (exact) mass is 500 g/mol. The highest BCUT2D eigenvalue weighted by molar-refractivity contribution is 8.13. The summed E-state index contributed by atoms with van der Waals surface area (Å²) in [4.78, 5) is 11.5. The molecule has 172 valence electrons. The number of para-hydroxylation sites is 3. The predicted octanol–water partition coefficient (Wildman–Crippen LogP) is 6.32. The normalized spacial score (nSPS) is 11.8. The lowest BCUT2D eigenvalue weighted by Gasteiger charge is -2.29. The maximum Gasteiger partial charge on any atom is 0.452 e. The van der Waals surface area contributed by atoms with Gasteiger partial charge >= 0.3 is 7.60 Å². The summed E-state index contributed by atoms with van der Waals surface area (Å²) in [5.74, 6) is 0.421. The molecule has 0 unspecified atom stereocenters. The summed E-state index contributed by atoms with van der Waals surface area (Å²) in [6.07, 6.45) is 0.317. The van der Waals surface area contributed by atoms with Gasteiger partial charge in [-0.3, -0.25) is 4.79 Å². The molecule has 0 amide bonds. The molecule has 33 heavy (non-hydrogen) atoms. The van der Waals surface area contributed by atoms with Gasteiger partial charge in [0.25, 0.3) is 0 Å². The van der Waals surface area contributed by atoms with E-state index in [0.717, 1.165) is 17.4 Å². The molecule has 0 bridgehead atoms. The molecule has 1 atom stereocenters. The molecule has 3 aromatic carbocycles. The Hall–Kier alpha value is -2.80. The van der Waals surface area contributed by atoms with Crippen LogP contribution in [0.1, 0.15) is 13.3 Å². The van der Waals surface area contributed by atoms with Crippen molar-refractivity contribution in [2.75, 3.05) is 11.1 Å². The van der Waals surface area contributed by atoms with Crippen molar-refractivity contribution in [3.05, 3.63) is 91.0 Å². The summed E-state index contributed by atoms with van der Waals surface area (Å²) in [6.45, 7) is 1.50. The Morgan fingerprint density at radius 3 is 1.88 bits per heavy atom. The highest BCUT2D eigenvalue weighted by atomic mass is 32.2. The van der Waals surface area contributed by atoms with E-state index >= 15 is 0 Å². The van der Waals surface area contributed by atoms with Crippen molar-refractivity contribution < 1.29 is 18.4 Å². The number of nitrogens with one attached hydrogen (secondary N) is 2. The third-order valence-electron chi connectivity index (χ3n) is 4.36. The van der Waals surface area contributed by atoms with Gasteiger partial charge in [0.05, 0.1) is 0 Å². The van der Waals surface area contributed by atoms with Gasteiger partial charge in [0.1, 0.15) is 11.5 Å². The number of anilines is 1. The predicted molar refractivity (Wildman–Crippen MR) is 139 cm³/mol. The Kier molecular flexibility index (Phi) is 9.36. The van der Waals surface area contributed by atoms with Gasteiger partial charge in [-0.2, -0.15) is 0 Å². The van der Waals surface area contributed by atoms with Gasteiger partial charge in [-0.1, -0.05) is 66.4 Å². The number of hydrogen-bond acceptors (Lipinski definition) is 6. The second kappa shape index (κ2) is 12.4. The van der Waals surface area contributed by atoms with Gasteiger partial charge < -0.3 is 19.7 Å². The number of carbonyl (C=O) groups excluding carboxylic acids is 1. The van der Waals surface area contributed by atoms with Crippen molar-refractivity contribution in [1.82, 2.24) is 5.32 Å². The van der Waals surface area contributed by atoms with Crippen molar-refractivity contribution in [2.45, 2.75) is 19.1 Å². The lowest BCUT2D eigenvalue weighted by molar-refractivity contribution is -0.109. The molecule has 3 rings (SSSR count). The number of thioether (sulfide) groups is 1. The molecule has 0 aliphatic carbocycles. The van der Waals surface area contributed by atoms with Crippen molar-refractivity contribution in [3.8, 4) is 11.5 Å². The summed E-state index contributed by atoms with van der Waals surface area (Å²) in [5.41, 5.74) is 0.787.